The largest absolute Gasteiger partial charge is 0.479 e. The van der Waals surface area contributed by atoms with Crippen LogP contribution in [0.25, 0.3) is 0 Å². The van der Waals surface area contributed by atoms with Gasteiger partial charge < -0.3 is 10.0 Å². The first-order chi connectivity index (χ1) is 9.57. The van der Waals surface area contributed by atoms with E-state index in [-0.39, 0.29) is 11.9 Å². The van der Waals surface area contributed by atoms with Crippen LogP contribution in [-0.4, -0.2) is 33.7 Å². The zero-order valence-electron chi connectivity index (χ0n) is 11.3. The van der Waals surface area contributed by atoms with E-state index in [4.69, 9.17) is 0 Å². The van der Waals surface area contributed by atoms with Gasteiger partial charge in [0, 0.05) is 29.2 Å². The molecule has 1 aliphatic carbocycles. The lowest BCUT2D eigenvalue weighted by Gasteiger charge is -2.44. The first-order valence-corrected chi connectivity index (χ1v) is 7.81. The minimum absolute atomic E-state index is 0.0831. The molecule has 1 N–H and O–H groups in total. The van der Waals surface area contributed by atoms with Gasteiger partial charge in [-0.25, -0.2) is 4.79 Å². The summed E-state index contributed by atoms with van der Waals surface area (Å²) in [5, 5.41) is 9.93. The lowest BCUT2D eigenvalue weighted by atomic mass is 9.84. The van der Waals surface area contributed by atoms with E-state index in [1.54, 1.807) is 16.7 Å². The van der Waals surface area contributed by atoms with Crippen LogP contribution in [0.15, 0.2) is 29.2 Å². The Morgan fingerprint density at radius 2 is 2.05 bits per heavy atom. The highest BCUT2D eigenvalue weighted by atomic mass is 32.2. The SMILES string of the molecule is CC(=O)N(C1CC1)C1(C(=O)O)CCSc2ccccc21. The lowest BCUT2D eigenvalue weighted by molar-refractivity contribution is -0.161. The van der Waals surface area contributed by atoms with Crippen molar-refractivity contribution in [1.29, 1.82) is 0 Å². The zero-order valence-corrected chi connectivity index (χ0v) is 12.2. The van der Waals surface area contributed by atoms with Gasteiger partial charge in [-0.1, -0.05) is 18.2 Å². The summed E-state index contributed by atoms with van der Waals surface area (Å²) < 4.78 is 0. The zero-order chi connectivity index (χ0) is 14.3. The molecule has 1 saturated carbocycles. The molecule has 5 heteroatoms. The van der Waals surface area contributed by atoms with Gasteiger partial charge in [-0.05, 0) is 25.3 Å². The standard InChI is InChI=1S/C15H17NO3S/c1-10(17)16(11-6-7-11)15(14(18)19)8-9-20-13-5-3-2-4-12(13)15/h2-5,11H,6-9H2,1H3,(H,18,19). The smallest absolute Gasteiger partial charge is 0.334 e. The Morgan fingerprint density at radius 1 is 1.35 bits per heavy atom. The minimum atomic E-state index is -1.19. The van der Waals surface area contributed by atoms with Crippen molar-refractivity contribution in [3.8, 4) is 0 Å². The molecule has 0 saturated heterocycles. The number of aliphatic carboxylic acids is 1. The molecule has 0 spiro atoms. The number of thioether (sulfide) groups is 1. The number of benzene rings is 1. The van der Waals surface area contributed by atoms with E-state index in [0.29, 0.717) is 6.42 Å². The molecule has 1 fully saturated rings. The number of carbonyl (C=O) groups excluding carboxylic acids is 1. The van der Waals surface area contributed by atoms with E-state index in [9.17, 15) is 14.7 Å². The van der Waals surface area contributed by atoms with E-state index in [1.165, 1.54) is 6.92 Å². The van der Waals surface area contributed by atoms with Crippen LogP contribution in [0.5, 0.6) is 0 Å². The second kappa shape index (κ2) is 4.81. The van der Waals surface area contributed by atoms with Crippen LogP contribution in [-0.2, 0) is 15.1 Å². The first kappa shape index (κ1) is 13.5. The van der Waals surface area contributed by atoms with Crippen molar-refractivity contribution in [2.45, 2.75) is 42.7 Å². The summed E-state index contributed by atoms with van der Waals surface area (Å²) in [4.78, 5) is 26.8. The van der Waals surface area contributed by atoms with Crippen molar-refractivity contribution in [2.24, 2.45) is 0 Å². The molecule has 2 aliphatic rings. The summed E-state index contributed by atoms with van der Waals surface area (Å²) in [5.41, 5.74) is -0.416. The van der Waals surface area contributed by atoms with Crippen molar-refractivity contribution in [3.63, 3.8) is 0 Å². The molecule has 106 valence electrons. The topological polar surface area (TPSA) is 57.6 Å². The van der Waals surface area contributed by atoms with Crippen LogP contribution in [0.1, 0.15) is 31.7 Å². The van der Waals surface area contributed by atoms with Crippen molar-refractivity contribution >= 4 is 23.6 Å². The molecule has 1 aliphatic heterocycles. The van der Waals surface area contributed by atoms with E-state index in [0.717, 1.165) is 29.1 Å². The number of hydrogen-bond donors (Lipinski definition) is 1. The normalized spacial score (nSPS) is 24.9. The minimum Gasteiger partial charge on any atom is -0.479 e. The van der Waals surface area contributed by atoms with Gasteiger partial charge in [0.25, 0.3) is 0 Å². The molecule has 1 atom stereocenters. The second-order valence-corrected chi connectivity index (χ2v) is 6.52. The third kappa shape index (κ3) is 1.92. The number of fused-ring (bicyclic) bond motifs is 1. The number of carboxylic acids is 1. The number of carboxylic acid groups (broad SMARTS) is 1. The highest BCUT2D eigenvalue weighted by molar-refractivity contribution is 7.99. The Hall–Kier alpha value is -1.49. The quantitative estimate of drug-likeness (QED) is 0.929. The Balaban J connectivity index is 2.18. The van der Waals surface area contributed by atoms with Crippen LogP contribution in [0, 0.1) is 0 Å². The summed E-state index contributed by atoms with van der Waals surface area (Å²) in [6.07, 6.45) is 2.29. The van der Waals surface area contributed by atoms with Gasteiger partial charge >= 0.3 is 5.97 Å². The van der Waals surface area contributed by atoms with Crippen LogP contribution in [0.4, 0.5) is 0 Å². The van der Waals surface area contributed by atoms with Gasteiger partial charge in [-0.2, -0.15) is 0 Å². The third-order valence-electron chi connectivity index (χ3n) is 4.07. The number of amides is 1. The van der Waals surface area contributed by atoms with E-state index in [2.05, 4.69) is 0 Å². The van der Waals surface area contributed by atoms with E-state index in [1.807, 2.05) is 24.3 Å². The molecular weight excluding hydrogens is 274 g/mol. The monoisotopic (exact) mass is 291 g/mol. The first-order valence-electron chi connectivity index (χ1n) is 6.83. The fraction of sp³-hybridized carbons (Fsp3) is 0.467. The number of hydrogen-bond acceptors (Lipinski definition) is 3. The van der Waals surface area contributed by atoms with Crippen LogP contribution >= 0.6 is 11.8 Å². The van der Waals surface area contributed by atoms with Crippen molar-refractivity contribution < 1.29 is 14.7 Å². The maximum Gasteiger partial charge on any atom is 0.334 e. The molecule has 0 bridgehead atoms. The molecule has 0 aromatic heterocycles. The summed E-state index contributed by atoms with van der Waals surface area (Å²) in [7, 11) is 0. The summed E-state index contributed by atoms with van der Waals surface area (Å²) in [6.45, 7) is 1.48. The predicted octanol–water partition coefficient (Wildman–Crippen LogP) is 2.47. The maximum atomic E-state index is 12.1. The fourth-order valence-electron chi connectivity index (χ4n) is 3.12. The van der Waals surface area contributed by atoms with Gasteiger partial charge in [0.2, 0.25) is 5.91 Å². The molecule has 1 aromatic rings. The molecule has 1 amide bonds. The van der Waals surface area contributed by atoms with Gasteiger partial charge in [0.1, 0.15) is 0 Å². The summed E-state index contributed by atoms with van der Waals surface area (Å²) in [5.74, 6) is -0.330. The molecule has 20 heavy (non-hydrogen) atoms. The van der Waals surface area contributed by atoms with Crippen molar-refractivity contribution in [2.75, 3.05) is 5.75 Å². The predicted molar refractivity (Wildman–Crippen MR) is 76.6 cm³/mol. The number of carbonyl (C=O) groups is 2. The van der Waals surface area contributed by atoms with Gasteiger partial charge in [-0.3, -0.25) is 4.79 Å². The van der Waals surface area contributed by atoms with E-state index >= 15 is 0 Å². The maximum absolute atomic E-state index is 12.1. The fourth-order valence-corrected chi connectivity index (χ4v) is 4.31. The highest BCUT2D eigenvalue weighted by Gasteiger charge is 2.54. The molecule has 0 radical (unpaired) electrons. The average Bonchev–Trinajstić information content (AvgIpc) is 3.23. The Morgan fingerprint density at radius 3 is 2.65 bits per heavy atom. The Labute approximate surface area is 122 Å². The van der Waals surface area contributed by atoms with Gasteiger partial charge in [-0.15, -0.1) is 11.8 Å². The van der Waals surface area contributed by atoms with Gasteiger partial charge in [0.15, 0.2) is 5.54 Å². The van der Waals surface area contributed by atoms with Crippen LogP contribution < -0.4 is 0 Å². The average molecular weight is 291 g/mol. The number of rotatable bonds is 3. The van der Waals surface area contributed by atoms with Crippen LogP contribution in [0.2, 0.25) is 0 Å². The molecule has 1 aromatic carbocycles. The molecule has 1 unspecified atom stereocenters. The lowest BCUT2D eigenvalue weighted by Crippen LogP contribution is -2.56. The van der Waals surface area contributed by atoms with E-state index < -0.39 is 11.5 Å². The van der Waals surface area contributed by atoms with Crippen molar-refractivity contribution in [1.82, 2.24) is 4.90 Å². The third-order valence-corrected chi connectivity index (χ3v) is 5.15. The molecular formula is C15H17NO3S. The van der Waals surface area contributed by atoms with Crippen LogP contribution in [0.3, 0.4) is 0 Å². The molecule has 3 rings (SSSR count). The number of nitrogens with zero attached hydrogens (tertiary/aromatic N) is 1. The molecule has 4 nitrogen and oxygen atoms in total. The summed E-state index contributed by atoms with van der Waals surface area (Å²) in [6, 6.07) is 7.66. The second-order valence-electron chi connectivity index (χ2n) is 5.38. The summed E-state index contributed by atoms with van der Waals surface area (Å²) >= 11 is 1.67. The molecule has 1 heterocycles. The Bertz CT molecular complexity index is 570. The Kier molecular flexibility index (Phi) is 3.24. The van der Waals surface area contributed by atoms with Gasteiger partial charge in [0.05, 0.1) is 0 Å². The van der Waals surface area contributed by atoms with Crippen molar-refractivity contribution in [3.05, 3.63) is 29.8 Å². The highest BCUT2D eigenvalue weighted by Crippen LogP contribution is 2.48.